The first-order chi connectivity index (χ1) is 8.69. The predicted octanol–water partition coefficient (Wildman–Crippen LogP) is 2.58. The molecule has 0 N–H and O–H groups in total. The topological polar surface area (TPSA) is 61.3 Å². The predicted molar refractivity (Wildman–Crippen MR) is 69.3 cm³/mol. The molecule has 96 valence electrons. The Labute approximate surface area is 109 Å². The number of ether oxygens (including phenoxy) is 2. The van der Waals surface area contributed by atoms with Crippen molar-refractivity contribution in [2.45, 2.75) is 20.8 Å². The third-order valence-corrected chi connectivity index (χ3v) is 3.61. The maximum Gasteiger partial charge on any atom is 0.348 e. The molecule has 0 amide bonds. The Hall–Kier alpha value is -1.69. The maximum absolute atomic E-state index is 11.8. The second-order valence-corrected chi connectivity index (χ2v) is 4.57. The molecule has 0 aliphatic rings. The molecule has 2 aromatic rings. The van der Waals surface area contributed by atoms with Gasteiger partial charge in [0, 0.05) is 0 Å². The van der Waals surface area contributed by atoms with Crippen LogP contribution in [0.3, 0.4) is 0 Å². The quantitative estimate of drug-likeness (QED) is 0.796. The van der Waals surface area contributed by atoms with Crippen molar-refractivity contribution >= 4 is 27.5 Å². The number of carbonyl (C=O) groups excluding carboxylic acids is 1. The summed E-state index contributed by atoms with van der Waals surface area (Å²) in [7, 11) is 0. The van der Waals surface area contributed by atoms with Crippen LogP contribution in [-0.4, -0.2) is 29.2 Å². The summed E-state index contributed by atoms with van der Waals surface area (Å²) in [6, 6.07) is 0. The highest BCUT2D eigenvalue weighted by Crippen LogP contribution is 2.34. The van der Waals surface area contributed by atoms with Gasteiger partial charge in [-0.15, -0.1) is 11.3 Å². The van der Waals surface area contributed by atoms with E-state index in [0.29, 0.717) is 24.0 Å². The summed E-state index contributed by atoms with van der Waals surface area (Å²) in [5.74, 6) is 0.201. The molecule has 0 spiro atoms. The number of hydrogen-bond acceptors (Lipinski definition) is 6. The number of carbonyl (C=O) groups is 1. The fourth-order valence-electron chi connectivity index (χ4n) is 1.68. The van der Waals surface area contributed by atoms with Gasteiger partial charge in [0.05, 0.1) is 18.6 Å². The lowest BCUT2D eigenvalue weighted by Gasteiger charge is -2.03. The number of nitrogens with zero attached hydrogens (tertiary/aromatic N) is 2. The van der Waals surface area contributed by atoms with E-state index < -0.39 is 0 Å². The second-order valence-electron chi connectivity index (χ2n) is 3.57. The summed E-state index contributed by atoms with van der Waals surface area (Å²) in [6.07, 6.45) is 1.44. The first-order valence-corrected chi connectivity index (χ1v) is 6.54. The van der Waals surface area contributed by atoms with Crippen LogP contribution in [0.1, 0.15) is 29.1 Å². The summed E-state index contributed by atoms with van der Waals surface area (Å²) in [6.45, 7) is 6.41. The third-order valence-electron chi connectivity index (χ3n) is 2.43. The van der Waals surface area contributed by atoms with Crippen LogP contribution in [0.25, 0.3) is 10.2 Å². The van der Waals surface area contributed by atoms with Crippen molar-refractivity contribution in [2.24, 2.45) is 0 Å². The van der Waals surface area contributed by atoms with Gasteiger partial charge in [0.15, 0.2) is 0 Å². The minimum Gasteiger partial charge on any atom is -0.477 e. The lowest BCUT2D eigenvalue weighted by molar-refractivity contribution is 0.0531. The Kier molecular flexibility index (Phi) is 3.76. The van der Waals surface area contributed by atoms with E-state index in [1.807, 2.05) is 13.8 Å². The van der Waals surface area contributed by atoms with Crippen LogP contribution in [0, 0.1) is 6.92 Å². The van der Waals surface area contributed by atoms with E-state index in [4.69, 9.17) is 9.47 Å². The number of aromatic nitrogens is 2. The maximum atomic E-state index is 11.8. The second kappa shape index (κ2) is 5.30. The van der Waals surface area contributed by atoms with E-state index in [0.717, 1.165) is 15.8 Å². The molecule has 0 saturated heterocycles. The SMILES string of the molecule is CCOC(=O)c1sc2ncnc(OCC)c2c1C. The lowest BCUT2D eigenvalue weighted by atomic mass is 10.2. The molecule has 0 aromatic carbocycles. The largest absolute Gasteiger partial charge is 0.477 e. The van der Waals surface area contributed by atoms with Gasteiger partial charge in [-0.05, 0) is 26.3 Å². The molecule has 18 heavy (non-hydrogen) atoms. The first kappa shape index (κ1) is 12.8. The monoisotopic (exact) mass is 266 g/mol. The molecule has 0 saturated carbocycles. The number of thiophene rings is 1. The van der Waals surface area contributed by atoms with Crippen molar-refractivity contribution in [1.29, 1.82) is 0 Å². The molecule has 2 heterocycles. The van der Waals surface area contributed by atoms with Gasteiger partial charge in [0.2, 0.25) is 5.88 Å². The molecule has 6 heteroatoms. The van der Waals surface area contributed by atoms with Crippen LogP contribution >= 0.6 is 11.3 Å². The molecule has 0 atom stereocenters. The van der Waals surface area contributed by atoms with Crippen LogP contribution in [0.5, 0.6) is 5.88 Å². The highest BCUT2D eigenvalue weighted by Gasteiger charge is 2.20. The Morgan fingerprint density at radius 3 is 2.78 bits per heavy atom. The Balaban J connectivity index is 2.56. The summed E-state index contributed by atoms with van der Waals surface area (Å²) < 4.78 is 10.5. The lowest BCUT2D eigenvalue weighted by Crippen LogP contribution is -2.03. The van der Waals surface area contributed by atoms with Gasteiger partial charge in [-0.1, -0.05) is 0 Å². The van der Waals surface area contributed by atoms with Gasteiger partial charge in [0.1, 0.15) is 16.0 Å². The van der Waals surface area contributed by atoms with Gasteiger partial charge in [0.25, 0.3) is 0 Å². The average Bonchev–Trinajstić information content (AvgIpc) is 2.69. The van der Waals surface area contributed by atoms with Crippen LogP contribution in [0.15, 0.2) is 6.33 Å². The van der Waals surface area contributed by atoms with Gasteiger partial charge in [-0.2, -0.15) is 0 Å². The smallest absolute Gasteiger partial charge is 0.348 e. The Morgan fingerprint density at radius 1 is 1.33 bits per heavy atom. The van der Waals surface area contributed by atoms with Gasteiger partial charge >= 0.3 is 5.97 Å². The number of fused-ring (bicyclic) bond motifs is 1. The van der Waals surface area contributed by atoms with Crippen molar-refractivity contribution in [3.05, 3.63) is 16.8 Å². The van der Waals surface area contributed by atoms with E-state index in [1.165, 1.54) is 17.7 Å². The normalized spacial score (nSPS) is 10.6. The molecule has 0 aliphatic carbocycles. The number of esters is 1. The molecule has 0 unspecified atom stereocenters. The van der Waals surface area contributed by atoms with Crippen molar-refractivity contribution in [3.63, 3.8) is 0 Å². The molecule has 5 nitrogen and oxygen atoms in total. The summed E-state index contributed by atoms with van der Waals surface area (Å²) >= 11 is 1.31. The number of rotatable bonds is 4. The number of aryl methyl sites for hydroxylation is 1. The fraction of sp³-hybridized carbons (Fsp3) is 0.417. The Morgan fingerprint density at radius 2 is 2.11 bits per heavy atom. The molecule has 0 bridgehead atoms. The van der Waals surface area contributed by atoms with Crippen LogP contribution in [0.2, 0.25) is 0 Å². The van der Waals surface area contributed by atoms with E-state index in [9.17, 15) is 4.79 Å². The standard InChI is InChI=1S/C12H14N2O3S/c1-4-16-10-8-7(3)9(12(15)17-5-2)18-11(8)14-6-13-10/h6H,4-5H2,1-3H3. The van der Waals surface area contributed by atoms with E-state index in [2.05, 4.69) is 9.97 Å². The van der Waals surface area contributed by atoms with Crippen molar-refractivity contribution in [1.82, 2.24) is 9.97 Å². The zero-order valence-electron chi connectivity index (χ0n) is 10.5. The molecular formula is C12H14N2O3S. The fourth-order valence-corrected chi connectivity index (χ4v) is 2.71. The van der Waals surface area contributed by atoms with Crippen LogP contribution < -0.4 is 4.74 Å². The van der Waals surface area contributed by atoms with E-state index in [-0.39, 0.29) is 5.97 Å². The summed E-state index contributed by atoms with van der Waals surface area (Å²) in [5.41, 5.74) is 0.817. The summed E-state index contributed by atoms with van der Waals surface area (Å²) in [5, 5.41) is 0.799. The van der Waals surface area contributed by atoms with E-state index >= 15 is 0 Å². The van der Waals surface area contributed by atoms with E-state index in [1.54, 1.807) is 6.92 Å². The Bertz CT molecular complexity index is 580. The highest BCUT2D eigenvalue weighted by molar-refractivity contribution is 7.20. The zero-order valence-corrected chi connectivity index (χ0v) is 11.3. The number of hydrogen-bond donors (Lipinski definition) is 0. The van der Waals surface area contributed by atoms with Gasteiger partial charge < -0.3 is 9.47 Å². The van der Waals surface area contributed by atoms with Crippen molar-refractivity contribution in [3.8, 4) is 5.88 Å². The molecule has 0 aliphatic heterocycles. The molecule has 2 aromatic heterocycles. The highest BCUT2D eigenvalue weighted by atomic mass is 32.1. The minimum atomic E-state index is -0.319. The van der Waals surface area contributed by atoms with Crippen molar-refractivity contribution < 1.29 is 14.3 Å². The average molecular weight is 266 g/mol. The molecule has 0 radical (unpaired) electrons. The minimum absolute atomic E-state index is 0.319. The van der Waals surface area contributed by atoms with Gasteiger partial charge in [-0.3, -0.25) is 0 Å². The van der Waals surface area contributed by atoms with Crippen LogP contribution in [-0.2, 0) is 4.74 Å². The third kappa shape index (κ3) is 2.15. The van der Waals surface area contributed by atoms with Crippen LogP contribution in [0.4, 0.5) is 0 Å². The molecule has 0 fully saturated rings. The molecular weight excluding hydrogens is 252 g/mol. The summed E-state index contributed by atoms with van der Waals surface area (Å²) in [4.78, 5) is 21.4. The van der Waals surface area contributed by atoms with Gasteiger partial charge in [-0.25, -0.2) is 14.8 Å². The van der Waals surface area contributed by atoms with Crippen molar-refractivity contribution in [2.75, 3.05) is 13.2 Å². The molecule has 2 rings (SSSR count). The zero-order chi connectivity index (χ0) is 13.1. The first-order valence-electron chi connectivity index (χ1n) is 5.73.